The molecule has 0 aliphatic heterocycles. The number of carboxylic acid groups (broad SMARTS) is 1. The molecule has 3 aromatic rings. The molecule has 4 N–H and O–H groups in total. The van der Waals surface area contributed by atoms with E-state index in [4.69, 9.17) is 15.7 Å². The quantitative estimate of drug-likeness (QED) is 0.624. The lowest BCUT2D eigenvalue weighted by molar-refractivity contribution is -0.0702. The van der Waals surface area contributed by atoms with E-state index in [1.54, 1.807) is 0 Å². The summed E-state index contributed by atoms with van der Waals surface area (Å²) in [5, 5.41) is 10.4. The normalized spacial score (nSPS) is 13.3. The van der Waals surface area contributed by atoms with Gasteiger partial charge in [0.05, 0.1) is 10.2 Å². The number of nitrogens with zero attached hydrogens (tertiary/aromatic N) is 2. The van der Waals surface area contributed by atoms with Crippen molar-refractivity contribution in [3.05, 3.63) is 29.3 Å². The lowest BCUT2D eigenvalue weighted by Gasteiger charge is -2.27. The number of aromatic nitrogens is 2. The van der Waals surface area contributed by atoms with Crippen LogP contribution in [0, 0.1) is 5.41 Å². The molecule has 2 heterocycles. The van der Waals surface area contributed by atoms with Gasteiger partial charge in [-0.05, 0) is 11.5 Å². The third-order valence-electron chi connectivity index (χ3n) is 3.55. The van der Waals surface area contributed by atoms with Crippen LogP contribution in [0.25, 0.3) is 21.1 Å². The summed E-state index contributed by atoms with van der Waals surface area (Å²) in [6.45, 7) is 5.85. The van der Waals surface area contributed by atoms with Crippen molar-refractivity contribution in [2.45, 2.75) is 26.9 Å². The molecular weight excluding hydrogens is 328 g/mol. The van der Waals surface area contributed by atoms with Gasteiger partial charge >= 0.3 is 6.09 Å². The Morgan fingerprint density at radius 2 is 2.04 bits per heavy atom. The fourth-order valence-corrected chi connectivity index (χ4v) is 3.84. The SMILES string of the molecule is CC(C)(C)C(ONC(=O)O)c1nc2c(N)nc3ccccc3c2s1. The molecule has 8 heteroatoms. The molecule has 0 spiro atoms. The Balaban J connectivity index is 2.16. The zero-order valence-electron chi connectivity index (χ0n) is 13.5. The van der Waals surface area contributed by atoms with Crippen LogP contribution >= 0.6 is 11.3 Å². The standard InChI is InChI=1S/C16H18N4O3S/c1-16(2,3)12(23-20-15(21)22)14-19-10-11(24-14)8-6-4-5-7-9(8)18-13(10)17/h4-7,12,20H,1-3H3,(H2,17,18)(H,21,22). The largest absolute Gasteiger partial charge is 0.464 e. The fourth-order valence-electron chi connectivity index (χ4n) is 2.46. The van der Waals surface area contributed by atoms with E-state index >= 15 is 0 Å². The smallest absolute Gasteiger partial charge is 0.428 e. The highest BCUT2D eigenvalue weighted by molar-refractivity contribution is 7.19. The summed E-state index contributed by atoms with van der Waals surface area (Å²) in [5.41, 5.74) is 9.08. The average Bonchev–Trinajstić information content (AvgIpc) is 2.91. The molecule has 0 aliphatic rings. The minimum Gasteiger partial charge on any atom is -0.464 e. The van der Waals surface area contributed by atoms with Crippen molar-refractivity contribution < 1.29 is 14.7 Å². The number of hydroxylamine groups is 1. The van der Waals surface area contributed by atoms with Gasteiger partial charge in [-0.2, -0.15) is 5.48 Å². The van der Waals surface area contributed by atoms with E-state index in [1.807, 2.05) is 50.5 Å². The van der Waals surface area contributed by atoms with Gasteiger partial charge in [-0.25, -0.2) is 14.8 Å². The second-order valence-electron chi connectivity index (χ2n) is 6.52. The Bertz CT molecular complexity index is 917. The van der Waals surface area contributed by atoms with Crippen LogP contribution in [-0.2, 0) is 4.84 Å². The number of nitrogen functional groups attached to an aromatic ring is 1. The number of anilines is 1. The molecule has 2 aromatic heterocycles. The van der Waals surface area contributed by atoms with Crippen LogP contribution in [0.3, 0.4) is 0 Å². The van der Waals surface area contributed by atoms with E-state index < -0.39 is 12.2 Å². The third-order valence-corrected chi connectivity index (χ3v) is 4.68. The lowest BCUT2D eigenvalue weighted by Crippen LogP contribution is -2.30. The maximum absolute atomic E-state index is 10.8. The molecule has 0 saturated heterocycles. The molecular formula is C16H18N4O3S. The van der Waals surface area contributed by atoms with Crippen molar-refractivity contribution in [1.29, 1.82) is 0 Å². The number of rotatable bonds is 3. The number of benzene rings is 1. The predicted octanol–water partition coefficient (Wildman–Crippen LogP) is 3.71. The van der Waals surface area contributed by atoms with Crippen molar-refractivity contribution >= 4 is 44.4 Å². The first-order chi connectivity index (χ1) is 11.3. The van der Waals surface area contributed by atoms with Gasteiger partial charge in [0.2, 0.25) is 0 Å². The highest BCUT2D eigenvalue weighted by Crippen LogP contribution is 2.41. The molecule has 1 unspecified atom stereocenters. The van der Waals surface area contributed by atoms with Crippen LogP contribution < -0.4 is 11.2 Å². The Labute approximate surface area is 142 Å². The number of hydrogen-bond donors (Lipinski definition) is 3. The molecule has 1 atom stereocenters. The molecule has 126 valence electrons. The minimum absolute atomic E-state index is 0.352. The molecule has 1 aromatic carbocycles. The van der Waals surface area contributed by atoms with Gasteiger partial charge in [-0.15, -0.1) is 11.3 Å². The van der Waals surface area contributed by atoms with Crippen LogP contribution in [-0.4, -0.2) is 21.2 Å². The Morgan fingerprint density at radius 1 is 1.33 bits per heavy atom. The van der Waals surface area contributed by atoms with Gasteiger partial charge in [0.1, 0.15) is 16.6 Å². The van der Waals surface area contributed by atoms with Crippen molar-refractivity contribution in [1.82, 2.24) is 15.4 Å². The average molecular weight is 346 g/mol. The number of hydrogen-bond acceptors (Lipinski definition) is 6. The summed E-state index contributed by atoms with van der Waals surface area (Å²) in [7, 11) is 0. The highest BCUT2D eigenvalue weighted by Gasteiger charge is 2.32. The zero-order valence-corrected chi connectivity index (χ0v) is 14.3. The molecule has 24 heavy (non-hydrogen) atoms. The fraction of sp³-hybridized carbons (Fsp3) is 0.312. The van der Waals surface area contributed by atoms with E-state index in [9.17, 15) is 4.79 Å². The van der Waals surface area contributed by atoms with Gasteiger partial charge in [0.15, 0.2) is 5.82 Å². The monoisotopic (exact) mass is 346 g/mol. The van der Waals surface area contributed by atoms with Crippen LogP contribution in [0.5, 0.6) is 0 Å². The number of amides is 1. The number of fused-ring (bicyclic) bond motifs is 3. The first-order valence-corrected chi connectivity index (χ1v) is 8.18. The third kappa shape index (κ3) is 2.98. The highest BCUT2D eigenvalue weighted by atomic mass is 32.1. The van der Waals surface area contributed by atoms with Crippen LogP contribution in [0.4, 0.5) is 10.6 Å². The number of nitrogens with one attached hydrogen (secondary N) is 1. The van der Waals surface area contributed by atoms with Gasteiger partial charge in [0.25, 0.3) is 0 Å². The van der Waals surface area contributed by atoms with E-state index in [2.05, 4.69) is 9.97 Å². The lowest BCUT2D eigenvalue weighted by atomic mass is 9.89. The number of pyridine rings is 1. The van der Waals surface area contributed by atoms with Crippen molar-refractivity contribution in [3.63, 3.8) is 0 Å². The van der Waals surface area contributed by atoms with Gasteiger partial charge in [0, 0.05) is 5.39 Å². The van der Waals surface area contributed by atoms with E-state index in [-0.39, 0.29) is 5.41 Å². The van der Waals surface area contributed by atoms with Crippen LogP contribution in [0.15, 0.2) is 24.3 Å². The minimum atomic E-state index is -1.25. The van der Waals surface area contributed by atoms with Crippen LogP contribution in [0.2, 0.25) is 0 Å². The Morgan fingerprint density at radius 3 is 2.71 bits per heavy atom. The molecule has 0 fully saturated rings. The maximum Gasteiger partial charge on any atom is 0.428 e. The van der Waals surface area contributed by atoms with E-state index in [1.165, 1.54) is 11.3 Å². The Kier molecular flexibility index (Phi) is 4.02. The second kappa shape index (κ2) is 5.88. The summed E-state index contributed by atoms with van der Waals surface area (Å²) in [4.78, 5) is 25.1. The second-order valence-corrected chi connectivity index (χ2v) is 7.55. The van der Waals surface area contributed by atoms with E-state index in [0.717, 1.165) is 15.6 Å². The number of nitrogens with two attached hydrogens (primary N) is 1. The van der Waals surface area contributed by atoms with Gasteiger partial charge < -0.3 is 10.8 Å². The van der Waals surface area contributed by atoms with Crippen LogP contribution in [0.1, 0.15) is 31.9 Å². The predicted molar refractivity (Wildman–Crippen MR) is 93.8 cm³/mol. The Hall–Kier alpha value is -2.45. The van der Waals surface area contributed by atoms with Gasteiger partial charge in [-0.1, -0.05) is 39.0 Å². The molecule has 3 rings (SSSR count). The molecule has 0 radical (unpaired) electrons. The summed E-state index contributed by atoms with van der Waals surface area (Å²) < 4.78 is 0.918. The molecule has 0 bridgehead atoms. The molecule has 1 amide bonds. The molecule has 0 aliphatic carbocycles. The molecule has 0 saturated carbocycles. The summed E-state index contributed by atoms with van der Waals surface area (Å²) in [6.07, 6.45) is -1.80. The first-order valence-electron chi connectivity index (χ1n) is 7.36. The van der Waals surface area contributed by atoms with Crippen molar-refractivity contribution in [2.75, 3.05) is 5.73 Å². The van der Waals surface area contributed by atoms with E-state index in [0.29, 0.717) is 16.3 Å². The number of thiazole rings is 1. The number of para-hydroxylation sites is 1. The maximum atomic E-state index is 10.8. The summed E-state index contributed by atoms with van der Waals surface area (Å²) in [5.74, 6) is 0.352. The van der Waals surface area contributed by atoms with Crippen molar-refractivity contribution in [3.8, 4) is 0 Å². The van der Waals surface area contributed by atoms with Crippen molar-refractivity contribution in [2.24, 2.45) is 5.41 Å². The topological polar surface area (TPSA) is 110 Å². The first kappa shape index (κ1) is 16.4. The number of carbonyl (C=O) groups is 1. The van der Waals surface area contributed by atoms with Gasteiger partial charge in [-0.3, -0.25) is 4.84 Å². The summed E-state index contributed by atoms with van der Waals surface area (Å²) >= 11 is 1.44. The summed E-state index contributed by atoms with van der Waals surface area (Å²) in [6, 6.07) is 7.70. The zero-order chi connectivity index (χ0) is 17.5. The molecule has 7 nitrogen and oxygen atoms in total.